The average Bonchev–Trinajstić information content (AvgIpc) is 2.62. The minimum atomic E-state index is -3.93. The van der Waals surface area contributed by atoms with Crippen molar-refractivity contribution < 1.29 is 27.5 Å². The number of halogens is 2. The molecule has 1 aromatic rings. The fraction of sp³-hybridized carbons (Fsp3) is 0.500. The van der Waals surface area contributed by atoms with Crippen molar-refractivity contribution in [3.63, 3.8) is 0 Å². The zero-order valence-corrected chi connectivity index (χ0v) is 18.4. The Hall–Kier alpha value is -0.970. The van der Waals surface area contributed by atoms with Crippen LogP contribution < -0.4 is 0 Å². The van der Waals surface area contributed by atoms with Crippen LogP contribution in [0.25, 0.3) is 0 Å². The molecule has 2 atom stereocenters. The molecule has 0 fully saturated rings. The fourth-order valence-electron chi connectivity index (χ4n) is 1.98. The molecular formula is C16H21Br2NO6S. The van der Waals surface area contributed by atoms with E-state index < -0.39 is 31.6 Å². The smallest absolute Gasteiger partial charge is 0.321 e. The number of rotatable bonds is 10. The lowest BCUT2D eigenvalue weighted by atomic mass is 10.4. The van der Waals surface area contributed by atoms with Crippen LogP contribution in [-0.4, -0.2) is 60.6 Å². The van der Waals surface area contributed by atoms with Gasteiger partial charge in [0.15, 0.2) is 0 Å². The summed E-state index contributed by atoms with van der Waals surface area (Å²) in [5.74, 6) is -1.16. The number of esters is 2. The summed E-state index contributed by atoms with van der Waals surface area (Å²) in [6.45, 7) is 3.28. The van der Waals surface area contributed by atoms with Gasteiger partial charge in [-0.1, -0.05) is 50.1 Å². The van der Waals surface area contributed by atoms with E-state index in [-0.39, 0.29) is 31.2 Å². The molecule has 146 valence electrons. The predicted molar refractivity (Wildman–Crippen MR) is 104 cm³/mol. The SMILES string of the molecule is CCOC(=O)[C@H](Br)CN(C[C@@H](Br)C(=O)OCC)S(=O)(=O)c1ccccc1. The molecule has 10 heteroatoms. The maximum Gasteiger partial charge on any atom is 0.321 e. The van der Waals surface area contributed by atoms with Crippen molar-refractivity contribution in [1.29, 1.82) is 0 Å². The minimum Gasteiger partial charge on any atom is -0.465 e. The molecule has 0 bridgehead atoms. The quantitative estimate of drug-likeness (QED) is 0.351. The van der Waals surface area contributed by atoms with Gasteiger partial charge in [0.2, 0.25) is 10.0 Å². The number of sulfonamides is 1. The Morgan fingerprint density at radius 3 is 1.77 bits per heavy atom. The Bertz CT molecular complexity index is 672. The van der Waals surface area contributed by atoms with Crippen molar-refractivity contribution in [2.45, 2.75) is 28.4 Å². The zero-order valence-electron chi connectivity index (χ0n) is 14.4. The van der Waals surface area contributed by atoms with Crippen LogP contribution in [0.3, 0.4) is 0 Å². The first kappa shape index (κ1) is 23.1. The molecule has 26 heavy (non-hydrogen) atoms. The molecule has 0 heterocycles. The van der Waals surface area contributed by atoms with E-state index in [0.717, 1.165) is 4.31 Å². The molecule has 1 rings (SSSR count). The first-order chi connectivity index (χ1) is 12.2. The highest BCUT2D eigenvalue weighted by Crippen LogP contribution is 2.20. The van der Waals surface area contributed by atoms with Gasteiger partial charge in [0.1, 0.15) is 9.65 Å². The van der Waals surface area contributed by atoms with Crippen molar-refractivity contribution in [3.05, 3.63) is 30.3 Å². The second-order valence-electron chi connectivity index (χ2n) is 5.07. The van der Waals surface area contributed by atoms with Gasteiger partial charge in [-0.25, -0.2) is 8.42 Å². The van der Waals surface area contributed by atoms with Crippen LogP contribution >= 0.6 is 31.9 Å². The number of hydrogen-bond donors (Lipinski definition) is 0. The molecule has 0 amide bonds. The lowest BCUT2D eigenvalue weighted by Crippen LogP contribution is -2.43. The summed E-state index contributed by atoms with van der Waals surface area (Å²) >= 11 is 6.31. The summed E-state index contributed by atoms with van der Waals surface area (Å²) in [6.07, 6.45) is 0. The predicted octanol–water partition coefficient (Wildman–Crippen LogP) is 2.33. The van der Waals surface area contributed by atoms with E-state index in [1.54, 1.807) is 32.0 Å². The van der Waals surface area contributed by atoms with Gasteiger partial charge in [0.05, 0.1) is 18.1 Å². The second-order valence-corrected chi connectivity index (χ2v) is 9.22. The van der Waals surface area contributed by atoms with Gasteiger partial charge in [-0.3, -0.25) is 9.59 Å². The van der Waals surface area contributed by atoms with Crippen LogP contribution in [0.15, 0.2) is 35.2 Å². The van der Waals surface area contributed by atoms with E-state index in [4.69, 9.17) is 9.47 Å². The van der Waals surface area contributed by atoms with E-state index in [0.29, 0.717) is 0 Å². The highest BCUT2D eigenvalue weighted by Gasteiger charge is 2.33. The minimum absolute atomic E-state index is 0.0621. The van der Waals surface area contributed by atoms with E-state index in [9.17, 15) is 18.0 Å². The van der Waals surface area contributed by atoms with Crippen LogP contribution in [0.4, 0.5) is 0 Å². The lowest BCUT2D eigenvalue weighted by molar-refractivity contribution is -0.142. The van der Waals surface area contributed by atoms with Crippen LogP contribution in [0.2, 0.25) is 0 Å². The first-order valence-electron chi connectivity index (χ1n) is 7.90. The fourth-order valence-corrected chi connectivity index (χ4v) is 4.82. The maximum absolute atomic E-state index is 12.9. The summed E-state index contributed by atoms with van der Waals surface area (Å²) in [6, 6.07) is 7.78. The number of ether oxygens (including phenoxy) is 2. The monoisotopic (exact) mass is 513 g/mol. The molecule has 7 nitrogen and oxygen atoms in total. The molecule has 0 radical (unpaired) electrons. The number of alkyl halides is 2. The Balaban J connectivity index is 3.08. The summed E-state index contributed by atoms with van der Waals surface area (Å²) in [5, 5.41) is 0. The highest BCUT2D eigenvalue weighted by atomic mass is 79.9. The van der Waals surface area contributed by atoms with Crippen molar-refractivity contribution in [2.75, 3.05) is 26.3 Å². The molecule has 0 unspecified atom stereocenters. The van der Waals surface area contributed by atoms with E-state index in [1.165, 1.54) is 12.1 Å². The molecule has 0 saturated heterocycles. The first-order valence-corrected chi connectivity index (χ1v) is 11.2. The summed E-state index contributed by atoms with van der Waals surface area (Å²) in [7, 11) is -3.93. The number of hydrogen-bond acceptors (Lipinski definition) is 6. The Morgan fingerprint density at radius 1 is 0.962 bits per heavy atom. The van der Waals surface area contributed by atoms with Gasteiger partial charge in [-0.2, -0.15) is 4.31 Å². The number of benzene rings is 1. The standard InChI is InChI=1S/C16H21Br2NO6S/c1-3-24-15(20)13(17)10-19(11-14(18)16(21)25-4-2)26(22,23)12-8-6-5-7-9-12/h5-9,13-14H,3-4,10-11H2,1-2H3/t13-,14-/m1/s1. The molecule has 0 N–H and O–H groups in total. The summed E-state index contributed by atoms with van der Waals surface area (Å²) < 4.78 is 36.7. The highest BCUT2D eigenvalue weighted by molar-refractivity contribution is 9.10. The summed E-state index contributed by atoms with van der Waals surface area (Å²) in [4.78, 5) is 22.1. The molecule has 0 aliphatic carbocycles. The molecule has 1 aromatic carbocycles. The topological polar surface area (TPSA) is 90.0 Å². The largest absolute Gasteiger partial charge is 0.465 e. The van der Waals surface area contributed by atoms with Crippen LogP contribution in [0.1, 0.15) is 13.8 Å². The lowest BCUT2D eigenvalue weighted by Gasteiger charge is -2.25. The van der Waals surface area contributed by atoms with Crippen LogP contribution in [-0.2, 0) is 29.1 Å². The molecule has 0 aliphatic heterocycles. The third-order valence-corrected chi connectivity index (χ3v) is 6.37. The van der Waals surface area contributed by atoms with Crippen molar-refractivity contribution >= 4 is 53.8 Å². The molecular weight excluding hydrogens is 494 g/mol. The van der Waals surface area contributed by atoms with Crippen molar-refractivity contribution in [3.8, 4) is 0 Å². The number of carbonyl (C=O) groups is 2. The Morgan fingerprint density at radius 2 is 1.38 bits per heavy atom. The van der Waals surface area contributed by atoms with Gasteiger partial charge in [0, 0.05) is 13.1 Å². The van der Waals surface area contributed by atoms with Gasteiger partial charge in [0.25, 0.3) is 0 Å². The van der Waals surface area contributed by atoms with Gasteiger partial charge < -0.3 is 9.47 Å². The number of carbonyl (C=O) groups excluding carboxylic acids is 2. The van der Waals surface area contributed by atoms with Crippen molar-refractivity contribution in [2.24, 2.45) is 0 Å². The summed E-state index contributed by atoms with van der Waals surface area (Å²) in [5.41, 5.74) is 0. The van der Waals surface area contributed by atoms with E-state index in [2.05, 4.69) is 31.9 Å². The van der Waals surface area contributed by atoms with Gasteiger partial charge >= 0.3 is 11.9 Å². The second kappa shape index (κ2) is 11.0. The van der Waals surface area contributed by atoms with Gasteiger partial charge in [-0.15, -0.1) is 0 Å². The van der Waals surface area contributed by atoms with Gasteiger partial charge in [-0.05, 0) is 26.0 Å². The van der Waals surface area contributed by atoms with Crippen molar-refractivity contribution in [1.82, 2.24) is 4.31 Å². The van der Waals surface area contributed by atoms with E-state index in [1.807, 2.05) is 0 Å². The molecule has 0 aromatic heterocycles. The normalized spacial score (nSPS) is 13.9. The van der Waals surface area contributed by atoms with Crippen LogP contribution in [0.5, 0.6) is 0 Å². The molecule has 0 aliphatic rings. The number of nitrogens with zero attached hydrogens (tertiary/aromatic N) is 1. The van der Waals surface area contributed by atoms with Crippen LogP contribution in [0, 0.1) is 0 Å². The molecule has 0 saturated carbocycles. The maximum atomic E-state index is 12.9. The zero-order chi connectivity index (χ0) is 19.7. The third-order valence-electron chi connectivity index (χ3n) is 3.19. The molecule has 0 spiro atoms. The Labute approximate surface area is 170 Å². The Kier molecular flexibility index (Phi) is 9.77. The third kappa shape index (κ3) is 6.64. The average molecular weight is 515 g/mol. The van der Waals surface area contributed by atoms with E-state index >= 15 is 0 Å².